The van der Waals surface area contributed by atoms with E-state index >= 15 is 0 Å². The van der Waals surface area contributed by atoms with Crippen LogP contribution < -0.4 is 15.1 Å². The van der Waals surface area contributed by atoms with Gasteiger partial charge in [0.1, 0.15) is 29.3 Å². The standard InChI is InChI=1S/C19H14F2O6/c1-24-12-6-7-13-11(8-17(22)26-16(13)9-12)10-25-18(23)14-4-2-3-5-15(14)27-19(20)21/h2-9,19H,10H2,1H3. The summed E-state index contributed by atoms with van der Waals surface area (Å²) < 4.78 is 44.6. The van der Waals surface area contributed by atoms with Crippen molar-refractivity contribution in [3.05, 3.63) is 70.1 Å². The van der Waals surface area contributed by atoms with Crippen LogP contribution in [0.2, 0.25) is 0 Å². The molecule has 1 aromatic heterocycles. The number of esters is 1. The molecule has 0 N–H and O–H groups in total. The summed E-state index contributed by atoms with van der Waals surface area (Å²) in [5.74, 6) is -0.654. The van der Waals surface area contributed by atoms with E-state index in [1.54, 1.807) is 12.1 Å². The number of benzene rings is 2. The summed E-state index contributed by atoms with van der Waals surface area (Å²) in [6, 6.07) is 11.6. The zero-order valence-electron chi connectivity index (χ0n) is 14.1. The maximum Gasteiger partial charge on any atom is 0.387 e. The highest BCUT2D eigenvalue weighted by Crippen LogP contribution is 2.25. The van der Waals surface area contributed by atoms with Gasteiger partial charge in [0.25, 0.3) is 0 Å². The Kier molecular flexibility index (Phi) is 5.35. The first-order valence-corrected chi connectivity index (χ1v) is 7.79. The SMILES string of the molecule is COc1ccc2c(COC(=O)c3ccccc3OC(F)F)cc(=O)oc2c1. The van der Waals surface area contributed by atoms with Crippen molar-refractivity contribution in [2.24, 2.45) is 0 Å². The van der Waals surface area contributed by atoms with E-state index in [1.165, 1.54) is 43.5 Å². The molecule has 0 atom stereocenters. The fraction of sp³-hybridized carbons (Fsp3) is 0.158. The second-order valence-electron chi connectivity index (χ2n) is 5.40. The van der Waals surface area contributed by atoms with Crippen molar-refractivity contribution in [2.45, 2.75) is 13.2 Å². The molecule has 27 heavy (non-hydrogen) atoms. The van der Waals surface area contributed by atoms with Crippen molar-refractivity contribution in [3.63, 3.8) is 0 Å². The van der Waals surface area contributed by atoms with Crippen LogP contribution in [0.5, 0.6) is 11.5 Å². The van der Waals surface area contributed by atoms with Crippen LogP contribution in [0.4, 0.5) is 8.78 Å². The molecule has 140 valence electrons. The summed E-state index contributed by atoms with van der Waals surface area (Å²) in [7, 11) is 1.48. The molecule has 0 radical (unpaired) electrons. The normalized spacial score (nSPS) is 10.8. The van der Waals surface area contributed by atoms with Gasteiger partial charge in [-0.05, 0) is 24.3 Å². The molecular formula is C19H14F2O6. The summed E-state index contributed by atoms with van der Waals surface area (Å²) in [5, 5.41) is 0.556. The van der Waals surface area contributed by atoms with E-state index in [0.717, 1.165) is 0 Å². The van der Waals surface area contributed by atoms with Gasteiger partial charge in [-0.3, -0.25) is 0 Å². The lowest BCUT2D eigenvalue weighted by Gasteiger charge is -2.11. The van der Waals surface area contributed by atoms with Crippen LogP contribution in [0.15, 0.2) is 57.7 Å². The summed E-state index contributed by atoms with van der Waals surface area (Å²) >= 11 is 0. The molecular weight excluding hydrogens is 362 g/mol. The van der Waals surface area contributed by atoms with Crippen molar-refractivity contribution in [1.82, 2.24) is 0 Å². The second kappa shape index (κ2) is 7.86. The largest absolute Gasteiger partial charge is 0.497 e. The molecule has 1 heterocycles. The van der Waals surface area contributed by atoms with Crippen LogP contribution in [0, 0.1) is 0 Å². The Labute approximate surface area is 151 Å². The van der Waals surface area contributed by atoms with E-state index in [-0.39, 0.29) is 23.5 Å². The molecule has 0 unspecified atom stereocenters. The number of para-hydroxylation sites is 1. The average molecular weight is 376 g/mol. The smallest absolute Gasteiger partial charge is 0.387 e. The molecule has 0 saturated heterocycles. The number of hydrogen-bond donors (Lipinski definition) is 0. The highest BCUT2D eigenvalue weighted by Gasteiger charge is 2.17. The van der Waals surface area contributed by atoms with E-state index in [1.807, 2.05) is 0 Å². The first kappa shape index (κ1) is 18.4. The van der Waals surface area contributed by atoms with Gasteiger partial charge in [-0.15, -0.1) is 0 Å². The number of alkyl halides is 2. The van der Waals surface area contributed by atoms with E-state index in [4.69, 9.17) is 13.9 Å². The second-order valence-corrected chi connectivity index (χ2v) is 5.40. The van der Waals surface area contributed by atoms with Crippen molar-refractivity contribution < 1.29 is 32.2 Å². The summed E-state index contributed by atoms with van der Waals surface area (Å²) in [4.78, 5) is 24.0. The molecule has 6 nitrogen and oxygen atoms in total. The molecule has 0 amide bonds. The van der Waals surface area contributed by atoms with Crippen molar-refractivity contribution in [3.8, 4) is 11.5 Å². The van der Waals surface area contributed by atoms with Crippen LogP contribution in [0.25, 0.3) is 11.0 Å². The van der Waals surface area contributed by atoms with Gasteiger partial charge < -0.3 is 18.6 Å². The van der Waals surface area contributed by atoms with Gasteiger partial charge in [-0.2, -0.15) is 8.78 Å². The van der Waals surface area contributed by atoms with E-state index in [2.05, 4.69) is 4.74 Å². The van der Waals surface area contributed by atoms with Crippen LogP contribution in [-0.2, 0) is 11.3 Å². The monoisotopic (exact) mass is 376 g/mol. The van der Waals surface area contributed by atoms with Gasteiger partial charge in [-0.1, -0.05) is 12.1 Å². The maximum absolute atomic E-state index is 12.5. The zero-order valence-corrected chi connectivity index (χ0v) is 14.1. The maximum atomic E-state index is 12.5. The number of methoxy groups -OCH3 is 1. The minimum absolute atomic E-state index is 0.147. The first-order chi connectivity index (χ1) is 13.0. The Morgan fingerprint density at radius 3 is 2.67 bits per heavy atom. The molecule has 8 heteroatoms. The molecule has 0 spiro atoms. The molecule has 0 aliphatic heterocycles. The lowest BCUT2D eigenvalue weighted by atomic mass is 10.1. The third-order valence-electron chi connectivity index (χ3n) is 3.72. The Bertz CT molecular complexity index is 1030. The minimum Gasteiger partial charge on any atom is -0.497 e. The Balaban J connectivity index is 1.85. The minimum atomic E-state index is -3.07. The Hall–Kier alpha value is -3.42. The third kappa shape index (κ3) is 4.22. The number of fused-ring (bicyclic) bond motifs is 1. The van der Waals surface area contributed by atoms with Gasteiger partial charge in [-0.25, -0.2) is 9.59 Å². The molecule has 0 aliphatic rings. The third-order valence-corrected chi connectivity index (χ3v) is 3.72. The summed E-state index contributed by atoms with van der Waals surface area (Å²) in [5.41, 5.74) is -0.0891. The molecule has 3 aromatic rings. The summed E-state index contributed by atoms with van der Waals surface area (Å²) in [6.45, 7) is -3.33. The summed E-state index contributed by atoms with van der Waals surface area (Å²) in [6.07, 6.45) is 0. The highest BCUT2D eigenvalue weighted by molar-refractivity contribution is 5.92. The van der Waals surface area contributed by atoms with E-state index in [0.29, 0.717) is 16.7 Å². The molecule has 0 fully saturated rings. The Morgan fingerprint density at radius 2 is 1.93 bits per heavy atom. The lowest BCUT2D eigenvalue weighted by Crippen LogP contribution is -2.11. The predicted octanol–water partition coefficient (Wildman–Crippen LogP) is 3.76. The molecule has 3 rings (SSSR count). The van der Waals surface area contributed by atoms with Gasteiger partial charge in [0.05, 0.1) is 7.11 Å². The fourth-order valence-corrected chi connectivity index (χ4v) is 2.51. The number of ether oxygens (including phenoxy) is 3. The highest BCUT2D eigenvalue weighted by atomic mass is 19.3. The lowest BCUT2D eigenvalue weighted by molar-refractivity contribution is -0.0504. The van der Waals surface area contributed by atoms with Crippen molar-refractivity contribution in [1.29, 1.82) is 0 Å². The molecule has 2 aromatic carbocycles. The van der Waals surface area contributed by atoms with Crippen molar-refractivity contribution >= 4 is 16.9 Å². The van der Waals surface area contributed by atoms with Crippen molar-refractivity contribution in [2.75, 3.05) is 7.11 Å². The molecule has 0 aliphatic carbocycles. The molecule has 0 saturated carbocycles. The topological polar surface area (TPSA) is 75.0 Å². The number of rotatable bonds is 6. The van der Waals surface area contributed by atoms with Crippen LogP contribution in [-0.4, -0.2) is 19.7 Å². The van der Waals surface area contributed by atoms with Gasteiger partial charge in [0, 0.05) is 23.1 Å². The van der Waals surface area contributed by atoms with Gasteiger partial charge >= 0.3 is 18.2 Å². The fourth-order valence-electron chi connectivity index (χ4n) is 2.51. The van der Waals surface area contributed by atoms with Crippen LogP contribution in [0.3, 0.4) is 0 Å². The van der Waals surface area contributed by atoms with Gasteiger partial charge in [0.15, 0.2) is 0 Å². The number of halogens is 2. The van der Waals surface area contributed by atoms with E-state index in [9.17, 15) is 18.4 Å². The zero-order chi connectivity index (χ0) is 19.4. The number of hydrogen-bond acceptors (Lipinski definition) is 6. The quantitative estimate of drug-likeness (QED) is 0.482. The van der Waals surface area contributed by atoms with Crippen LogP contribution in [0.1, 0.15) is 15.9 Å². The van der Waals surface area contributed by atoms with Gasteiger partial charge in [0.2, 0.25) is 0 Å². The molecule has 0 bridgehead atoms. The predicted molar refractivity (Wildman–Crippen MR) is 91.2 cm³/mol. The number of carbonyl (C=O) groups is 1. The first-order valence-electron chi connectivity index (χ1n) is 7.79. The average Bonchev–Trinajstić information content (AvgIpc) is 2.65. The Morgan fingerprint density at radius 1 is 1.15 bits per heavy atom. The van der Waals surface area contributed by atoms with E-state index < -0.39 is 18.2 Å². The van der Waals surface area contributed by atoms with Crippen LogP contribution >= 0.6 is 0 Å². The number of carbonyl (C=O) groups excluding carboxylic acids is 1.